The Hall–Kier alpha value is -3.13. The number of halogens is 1. The smallest absolute Gasteiger partial charge is 0.328 e. The lowest BCUT2D eigenvalue weighted by Gasteiger charge is -2.04. The van der Waals surface area contributed by atoms with Crippen LogP contribution in [-0.4, -0.2) is 45.7 Å². The number of carboxylic acid groups (broad SMARTS) is 3. The molecule has 0 aliphatic heterocycles. The number of hydrogen-bond acceptors (Lipinski definition) is 4. The fraction of sp³-hybridized carbons (Fsp3) is 0.650. The second-order valence-electron chi connectivity index (χ2n) is 12.7. The molecule has 1 rings (SSSR count). The maximum absolute atomic E-state index is 11.2. The number of hydrogen-bond donors (Lipinski definition) is 4. The Morgan fingerprint density at radius 3 is 1.61 bits per heavy atom. The molecular weight excluding hydrogens is 642 g/mol. The van der Waals surface area contributed by atoms with Crippen LogP contribution in [0, 0.1) is 5.92 Å². The Balaban J connectivity index is 0. The first-order valence-corrected chi connectivity index (χ1v) is 18.9. The zero-order valence-electron chi connectivity index (χ0n) is 30.6. The predicted molar refractivity (Wildman–Crippen MR) is 202 cm³/mol. The van der Waals surface area contributed by atoms with E-state index in [1.54, 1.807) is 24.3 Å². The molecule has 1 amide bonds. The highest BCUT2D eigenvalue weighted by molar-refractivity contribution is 6.29. The molecule has 0 aliphatic rings. The third-order valence-corrected chi connectivity index (χ3v) is 7.99. The number of carboxylic acids is 3. The fourth-order valence-corrected chi connectivity index (χ4v) is 4.91. The molecule has 0 aromatic heterocycles. The van der Waals surface area contributed by atoms with Crippen LogP contribution < -0.4 is 5.32 Å². The third-order valence-electron chi connectivity index (χ3n) is 7.55. The number of allylic oxidation sites excluding steroid dienone is 2. The number of carbonyl (C=O) groups excluding carboxylic acids is 1. The van der Waals surface area contributed by atoms with Crippen LogP contribution in [0.25, 0.3) is 0 Å². The second kappa shape index (κ2) is 36.2. The molecule has 4 N–H and O–H groups in total. The van der Waals surface area contributed by atoms with Crippen molar-refractivity contribution in [3.8, 4) is 0 Å². The largest absolute Gasteiger partial charge is 0.481 e. The van der Waals surface area contributed by atoms with Crippen molar-refractivity contribution < 1.29 is 34.5 Å². The maximum Gasteiger partial charge on any atom is 0.328 e. The molecule has 1 aromatic carbocycles. The Labute approximate surface area is 301 Å². The number of unbranched alkanes of at least 4 members (excludes halogenated alkanes) is 17. The van der Waals surface area contributed by atoms with Gasteiger partial charge in [0.25, 0.3) is 0 Å². The number of amides is 1. The number of aliphatic carboxylic acids is 3. The summed E-state index contributed by atoms with van der Waals surface area (Å²) in [6.07, 6.45) is 30.6. The topological polar surface area (TPSA) is 141 Å². The molecule has 0 saturated carbocycles. The van der Waals surface area contributed by atoms with Gasteiger partial charge in [0.1, 0.15) is 0 Å². The van der Waals surface area contributed by atoms with Gasteiger partial charge in [-0.05, 0) is 37.2 Å². The highest BCUT2D eigenvalue weighted by atomic mass is 35.5. The van der Waals surface area contributed by atoms with Gasteiger partial charge < -0.3 is 20.6 Å². The minimum atomic E-state index is -1.09. The van der Waals surface area contributed by atoms with Crippen LogP contribution in [0.2, 0.25) is 0 Å². The Kier molecular flexibility index (Phi) is 35.4. The standard InChI is InChI=1S/C22H41NO3.C10H18O2.C8H7ClO2/c1-2-3-4-5-6-7-8-9-10-11-12-13-14-15-16-17-20-23-21(24)18-19-22(25)26;1-9(2)7-5-3-4-6-8-10(11)12;9-7(8(10)11)6-4-2-1-3-5-6/h18-19H,2-17,20H2,1H3,(H,23,24)(H,25,26);5,7,9H,3-4,6,8H2,1-2H3,(H,11,12);1-5,7H,(H,10,11)/b19-18-;;. The molecule has 1 atom stereocenters. The van der Waals surface area contributed by atoms with E-state index in [1.807, 2.05) is 6.07 Å². The molecule has 0 bridgehead atoms. The summed E-state index contributed by atoms with van der Waals surface area (Å²) in [4.78, 5) is 42.0. The second-order valence-corrected chi connectivity index (χ2v) is 13.1. The SMILES string of the molecule is CC(C)C=CCCCCC(=O)O.CCCCCCCCCCCCCCCCCCNC(=O)/C=C\C(=O)O.O=C(O)C(Cl)c1ccccc1. The molecular formula is C40H66ClNO7. The number of carbonyl (C=O) groups is 4. The first kappa shape index (κ1) is 48.0. The van der Waals surface area contributed by atoms with Gasteiger partial charge in [0, 0.05) is 25.1 Å². The Bertz CT molecular complexity index is 1010. The summed E-state index contributed by atoms with van der Waals surface area (Å²) >= 11 is 5.54. The number of nitrogens with one attached hydrogen (secondary N) is 1. The molecule has 0 saturated heterocycles. The molecule has 0 aliphatic carbocycles. The van der Waals surface area contributed by atoms with Crippen LogP contribution in [0.4, 0.5) is 0 Å². The van der Waals surface area contributed by atoms with Gasteiger partial charge in [-0.25, -0.2) is 4.79 Å². The lowest BCUT2D eigenvalue weighted by molar-refractivity contribution is -0.138. The van der Waals surface area contributed by atoms with E-state index in [2.05, 4.69) is 38.2 Å². The zero-order valence-corrected chi connectivity index (χ0v) is 31.3. The van der Waals surface area contributed by atoms with Crippen molar-refractivity contribution in [2.75, 3.05) is 6.54 Å². The average molecular weight is 708 g/mol. The molecule has 0 fully saturated rings. The van der Waals surface area contributed by atoms with Crippen LogP contribution in [0.15, 0.2) is 54.6 Å². The summed E-state index contributed by atoms with van der Waals surface area (Å²) in [6.45, 7) is 7.16. The summed E-state index contributed by atoms with van der Waals surface area (Å²) in [5, 5.41) is 27.0. The highest BCUT2D eigenvalue weighted by Crippen LogP contribution is 2.19. The zero-order chi connectivity index (χ0) is 37.0. The van der Waals surface area contributed by atoms with Gasteiger partial charge in [0.15, 0.2) is 5.38 Å². The van der Waals surface area contributed by atoms with Gasteiger partial charge in [-0.15, -0.1) is 11.6 Å². The summed E-state index contributed by atoms with van der Waals surface area (Å²) in [6, 6.07) is 8.70. The van der Waals surface area contributed by atoms with Crippen molar-refractivity contribution in [3.05, 3.63) is 60.2 Å². The average Bonchev–Trinajstić information content (AvgIpc) is 3.07. The van der Waals surface area contributed by atoms with Gasteiger partial charge in [-0.3, -0.25) is 14.4 Å². The molecule has 0 radical (unpaired) electrons. The van der Waals surface area contributed by atoms with Gasteiger partial charge in [-0.1, -0.05) is 160 Å². The van der Waals surface area contributed by atoms with Crippen molar-refractivity contribution in [1.29, 1.82) is 0 Å². The summed E-state index contributed by atoms with van der Waals surface area (Å²) in [7, 11) is 0. The van der Waals surface area contributed by atoms with Crippen molar-refractivity contribution in [3.63, 3.8) is 0 Å². The first-order valence-electron chi connectivity index (χ1n) is 18.5. The highest BCUT2D eigenvalue weighted by Gasteiger charge is 2.14. The fourth-order valence-electron chi connectivity index (χ4n) is 4.76. The van der Waals surface area contributed by atoms with Crippen LogP contribution in [0.1, 0.15) is 160 Å². The van der Waals surface area contributed by atoms with Gasteiger partial charge in [-0.2, -0.15) is 0 Å². The number of rotatable bonds is 27. The normalized spacial score (nSPS) is 11.4. The Morgan fingerprint density at radius 2 is 1.18 bits per heavy atom. The van der Waals surface area contributed by atoms with Crippen molar-refractivity contribution >= 4 is 35.4 Å². The van der Waals surface area contributed by atoms with E-state index < -0.39 is 23.3 Å². The van der Waals surface area contributed by atoms with Crippen LogP contribution >= 0.6 is 11.6 Å². The molecule has 9 heteroatoms. The summed E-state index contributed by atoms with van der Waals surface area (Å²) in [5.74, 6) is -2.53. The van der Waals surface area contributed by atoms with Crippen molar-refractivity contribution in [1.82, 2.24) is 5.32 Å². The molecule has 1 unspecified atom stereocenters. The predicted octanol–water partition coefficient (Wildman–Crippen LogP) is 10.9. The third kappa shape index (κ3) is 39.2. The molecule has 1 aromatic rings. The van der Waals surface area contributed by atoms with E-state index >= 15 is 0 Å². The molecule has 8 nitrogen and oxygen atoms in total. The van der Waals surface area contributed by atoms with Gasteiger partial charge in [0.2, 0.25) is 5.91 Å². The van der Waals surface area contributed by atoms with E-state index in [-0.39, 0.29) is 5.91 Å². The minimum absolute atomic E-state index is 0.301. The lowest BCUT2D eigenvalue weighted by atomic mass is 10.0. The van der Waals surface area contributed by atoms with Crippen LogP contribution in [-0.2, 0) is 19.2 Å². The first-order chi connectivity index (χ1) is 23.5. The summed E-state index contributed by atoms with van der Waals surface area (Å²) in [5.41, 5.74) is 0.613. The van der Waals surface area contributed by atoms with Gasteiger partial charge >= 0.3 is 17.9 Å². The molecule has 0 spiro atoms. The van der Waals surface area contributed by atoms with Gasteiger partial charge in [0.05, 0.1) is 0 Å². The van der Waals surface area contributed by atoms with Crippen molar-refractivity contribution in [2.24, 2.45) is 5.92 Å². The van der Waals surface area contributed by atoms with Crippen LogP contribution in [0.5, 0.6) is 0 Å². The lowest BCUT2D eigenvalue weighted by Crippen LogP contribution is -2.22. The number of benzene rings is 1. The minimum Gasteiger partial charge on any atom is -0.481 e. The maximum atomic E-state index is 11.2. The van der Waals surface area contributed by atoms with E-state index in [9.17, 15) is 19.2 Å². The van der Waals surface area contributed by atoms with E-state index in [0.717, 1.165) is 44.3 Å². The quantitative estimate of drug-likeness (QED) is 0.0308. The van der Waals surface area contributed by atoms with Crippen molar-refractivity contribution in [2.45, 2.75) is 155 Å². The monoisotopic (exact) mass is 707 g/mol. The van der Waals surface area contributed by atoms with E-state index in [0.29, 0.717) is 24.4 Å². The molecule has 280 valence electrons. The molecule has 49 heavy (non-hydrogen) atoms. The van der Waals surface area contributed by atoms with E-state index in [4.69, 9.17) is 26.9 Å². The van der Waals surface area contributed by atoms with E-state index in [1.165, 1.54) is 89.9 Å². The summed E-state index contributed by atoms with van der Waals surface area (Å²) < 4.78 is 0. The number of alkyl halides is 1. The van der Waals surface area contributed by atoms with Crippen LogP contribution in [0.3, 0.4) is 0 Å². The Morgan fingerprint density at radius 1 is 0.694 bits per heavy atom. The molecule has 0 heterocycles.